The van der Waals surface area contributed by atoms with Gasteiger partial charge in [0.2, 0.25) is 11.8 Å². The van der Waals surface area contributed by atoms with Crippen LogP contribution in [-0.4, -0.2) is 31.5 Å². The normalized spacial score (nSPS) is 10.1. The Morgan fingerprint density at radius 2 is 1.75 bits per heavy atom. The summed E-state index contributed by atoms with van der Waals surface area (Å²) >= 11 is 0. The predicted octanol–water partition coefficient (Wildman–Crippen LogP) is -0.165. The summed E-state index contributed by atoms with van der Waals surface area (Å²) in [4.78, 5) is 23.6. The third-order valence-corrected chi connectivity index (χ3v) is 2.45. The molecule has 0 spiro atoms. The van der Waals surface area contributed by atoms with E-state index in [0.29, 0.717) is 23.7 Å². The summed E-state index contributed by atoms with van der Waals surface area (Å²) in [6.07, 6.45) is 0.858. The molecule has 0 radical (unpaired) electrons. The summed E-state index contributed by atoms with van der Waals surface area (Å²) in [5.41, 5.74) is 17.2. The Balaban J connectivity index is 3.01. The lowest BCUT2D eigenvalue weighted by Gasteiger charge is -2.22. The molecular formula is C13H20N4O3. The monoisotopic (exact) mass is 280 g/mol. The highest BCUT2D eigenvalue weighted by molar-refractivity contribution is 5.85. The maximum Gasteiger partial charge on any atom is 0.236 e. The summed E-state index contributed by atoms with van der Waals surface area (Å²) in [7, 11) is 0. The van der Waals surface area contributed by atoms with E-state index in [2.05, 4.69) is 0 Å². The molecule has 110 valence electrons. The number of amides is 2. The van der Waals surface area contributed by atoms with Crippen LogP contribution in [-0.2, 0) is 9.59 Å². The van der Waals surface area contributed by atoms with Crippen molar-refractivity contribution in [3.63, 3.8) is 0 Å². The van der Waals surface area contributed by atoms with Crippen molar-refractivity contribution in [3.8, 4) is 5.75 Å². The van der Waals surface area contributed by atoms with Gasteiger partial charge in [-0.2, -0.15) is 0 Å². The third-order valence-electron chi connectivity index (χ3n) is 2.45. The van der Waals surface area contributed by atoms with Gasteiger partial charge in [0.05, 0.1) is 19.7 Å². The Bertz CT molecular complexity index is 475. The van der Waals surface area contributed by atoms with Crippen molar-refractivity contribution in [2.75, 3.05) is 30.3 Å². The number of rotatable bonds is 8. The van der Waals surface area contributed by atoms with Gasteiger partial charge in [-0.25, -0.2) is 0 Å². The molecule has 0 unspecified atom stereocenters. The Morgan fingerprint density at radius 1 is 1.15 bits per heavy atom. The number of primary amides is 2. The molecule has 0 saturated heterocycles. The number of carbonyl (C=O) groups excluding carboxylic acids is 2. The van der Waals surface area contributed by atoms with Gasteiger partial charge in [0, 0.05) is 23.5 Å². The van der Waals surface area contributed by atoms with Crippen LogP contribution in [0.3, 0.4) is 0 Å². The lowest BCUT2D eigenvalue weighted by atomic mass is 10.2. The van der Waals surface area contributed by atoms with Crippen molar-refractivity contribution in [3.05, 3.63) is 18.2 Å². The first-order valence-corrected chi connectivity index (χ1v) is 6.27. The second-order valence-corrected chi connectivity index (χ2v) is 4.40. The molecule has 7 nitrogen and oxygen atoms in total. The van der Waals surface area contributed by atoms with Gasteiger partial charge in [0.1, 0.15) is 5.75 Å². The van der Waals surface area contributed by atoms with Gasteiger partial charge in [0.15, 0.2) is 0 Å². The topological polar surface area (TPSA) is 125 Å². The second-order valence-electron chi connectivity index (χ2n) is 4.40. The quantitative estimate of drug-likeness (QED) is 0.570. The molecule has 2 amide bonds. The number of hydrogen-bond acceptors (Lipinski definition) is 5. The molecule has 0 saturated carbocycles. The summed E-state index contributed by atoms with van der Waals surface area (Å²) in [6, 6.07) is 4.99. The van der Waals surface area contributed by atoms with Gasteiger partial charge < -0.3 is 26.8 Å². The number of hydrogen-bond donors (Lipinski definition) is 3. The first-order chi connectivity index (χ1) is 9.42. The standard InChI is InChI=1S/C13H20N4O3/c1-2-3-20-11-5-9(14)4-10(6-11)17(7-12(15)18)8-13(16)19/h4-6H,2-3,7-8,14H2,1H3,(H2,15,18)(H2,16,19). The van der Waals surface area contributed by atoms with Gasteiger partial charge in [-0.1, -0.05) is 6.92 Å². The number of ether oxygens (including phenoxy) is 1. The highest BCUT2D eigenvalue weighted by Gasteiger charge is 2.14. The largest absolute Gasteiger partial charge is 0.493 e. The van der Waals surface area contributed by atoms with E-state index < -0.39 is 11.8 Å². The van der Waals surface area contributed by atoms with Crippen LogP contribution in [0.15, 0.2) is 18.2 Å². The van der Waals surface area contributed by atoms with Crippen molar-refractivity contribution in [2.45, 2.75) is 13.3 Å². The van der Waals surface area contributed by atoms with E-state index >= 15 is 0 Å². The molecular weight excluding hydrogens is 260 g/mol. The van der Waals surface area contributed by atoms with E-state index in [1.54, 1.807) is 18.2 Å². The zero-order valence-corrected chi connectivity index (χ0v) is 11.5. The van der Waals surface area contributed by atoms with Crippen LogP contribution >= 0.6 is 0 Å². The fraction of sp³-hybridized carbons (Fsp3) is 0.385. The van der Waals surface area contributed by atoms with E-state index in [1.807, 2.05) is 6.92 Å². The predicted molar refractivity (Wildman–Crippen MR) is 77.2 cm³/mol. The zero-order valence-electron chi connectivity index (χ0n) is 11.5. The van der Waals surface area contributed by atoms with Crippen molar-refractivity contribution in [1.29, 1.82) is 0 Å². The van der Waals surface area contributed by atoms with Gasteiger partial charge >= 0.3 is 0 Å². The van der Waals surface area contributed by atoms with E-state index in [9.17, 15) is 9.59 Å². The molecule has 0 aliphatic heterocycles. The van der Waals surface area contributed by atoms with Gasteiger partial charge in [-0.3, -0.25) is 9.59 Å². The van der Waals surface area contributed by atoms with Crippen LogP contribution in [0, 0.1) is 0 Å². The van der Waals surface area contributed by atoms with Crippen LogP contribution in [0.25, 0.3) is 0 Å². The van der Waals surface area contributed by atoms with E-state index in [0.717, 1.165) is 6.42 Å². The Hall–Kier alpha value is -2.44. The summed E-state index contributed by atoms with van der Waals surface area (Å²) in [5.74, 6) is -0.560. The molecule has 0 heterocycles. The van der Waals surface area contributed by atoms with E-state index in [4.69, 9.17) is 21.9 Å². The number of benzene rings is 1. The number of anilines is 2. The zero-order chi connectivity index (χ0) is 15.1. The highest BCUT2D eigenvalue weighted by Crippen LogP contribution is 2.25. The Kier molecular flexibility index (Phi) is 5.64. The molecule has 20 heavy (non-hydrogen) atoms. The molecule has 0 fully saturated rings. The number of nitrogens with two attached hydrogens (primary N) is 3. The average Bonchev–Trinajstić information content (AvgIpc) is 2.33. The van der Waals surface area contributed by atoms with Gasteiger partial charge in [0.25, 0.3) is 0 Å². The van der Waals surface area contributed by atoms with E-state index in [1.165, 1.54) is 4.90 Å². The van der Waals surface area contributed by atoms with Crippen molar-refractivity contribution < 1.29 is 14.3 Å². The van der Waals surface area contributed by atoms with Crippen molar-refractivity contribution in [1.82, 2.24) is 0 Å². The first-order valence-electron chi connectivity index (χ1n) is 6.27. The minimum atomic E-state index is -0.565. The second kappa shape index (κ2) is 7.22. The number of carbonyl (C=O) groups is 2. The maximum atomic E-state index is 11.1. The fourth-order valence-corrected chi connectivity index (χ4v) is 1.71. The lowest BCUT2D eigenvalue weighted by Crippen LogP contribution is -2.39. The lowest BCUT2D eigenvalue weighted by molar-refractivity contribution is -0.117. The van der Waals surface area contributed by atoms with Crippen LogP contribution in [0.2, 0.25) is 0 Å². The molecule has 0 atom stereocenters. The average molecular weight is 280 g/mol. The molecule has 0 aromatic heterocycles. The highest BCUT2D eigenvalue weighted by atomic mass is 16.5. The SMILES string of the molecule is CCCOc1cc(N)cc(N(CC(N)=O)CC(N)=O)c1. The fourth-order valence-electron chi connectivity index (χ4n) is 1.71. The molecule has 0 bridgehead atoms. The van der Waals surface area contributed by atoms with Crippen LogP contribution < -0.4 is 26.8 Å². The van der Waals surface area contributed by atoms with Crippen molar-refractivity contribution >= 4 is 23.2 Å². The van der Waals surface area contributed by atoms with Crippen LogP contribution in [0.4, 0.5) is 11.4 Å². The molecule has 1 aromatic carbocycles. The summed E-state index contributed by atoms with van der Waals surface area (Å²) in [6.45, 7) is 2.29. The maximum absolute atomic E-state index is 11.1. The van der Waals surface area contributed by atoms with Gasteiger partial charge in [-0.05, 0) is 12.5 Å². The molecule has 7 heteroatoms. The van der Waals surface area contributed by atoms with Gasteiger partial charge in [-0.15, -0.1) is 0 Å². The molecule has 0 aliphatic carbocycles. The molecule has 6 N–H and O–H groups in total. The molecule has 0 aliphatic rings. The van der Waals surface area contributed by atoms with Crippen LogP contribution in [0.5, 0.6) is 5.75 Å². The number of nitrogen functional groups attached to an aromatic ring is 1. The summed E-state index contributed by atoms with van der Waals surface area (Å²) in [5, 5.41) is 0. The summed E-state index contributed by atoms with van der Waals surface area (Å²) < 4.78 is 5.50. The third kappa shape index (κ3) is 5.05. The molecule has 1 aromatic rings. The van der Waals surface area contributed by atoms with Crippen molar-refractivity contribution in [2.24, 2.45) is 11.5 Å². The minimum absolute atomic E-state index is 0.125. The Labute approximate surface area is 117 Å². The smallest absolute Gasteiger partial charge is 0.236 e. The Morgan fingerprint density at radius 3 is 2.25 bits per heavy atom. The number of nitrogens with zero attached hydrogens (tertiary/aromatic N) is 1. The van der Waals surface area contributed by atoms with E-state index in [-0.39, 0.29) is 13.1 Å². The molecule has 1 rings (SSSR count). The minimum Gasteiger partial charge on any atom is -0.493 e. The first kappa shape index (κ1) is 15.6. The van der Waals surface area contributed by atoms with Crippen LogP contribution in [0.1, 0.15) is 13.3 Å².